The number of esters is 1. The summed E-state index contributed by atoms with van der Waals surface area (Å²) in [7, 11) is 1.38. The van der Waals surface area contributed by atoms with Gasteiger partial charge in [0.2, 0.25) is 0 Å². The number of hydrogen-bond acceptors (Lipinski definition) is 4. The molecule has 2 rings (SSSR count). The molecule has 2 aromatic rings. The molecule has 14 heavy (non-hydrogen) atoms. The summed E-state index contributed by atoms with van der Waals surface area (Å²) >= 11 is 1.64. The summed E-state index contributed by atoms with van der Waals surface area (Å²) in [5.41, 5.74) is 1.69. The van der Waals surface area contributed by atoms with Crippen LogP contribution in [0.15, 0.2) is 23.6 Å². The highest BCUT2D eigenvalue weighted by Crippen LogP contribution is 2.18. The van der Waals surface area contributed by atoms with E-state index in [9.17, 15) is 4.79 Å². The average Bonchev–Trinajstić information content (AvgIpc) is 2.64. The fraction of sp³-hybridized carbons (Fsp3) is 0.200. The molecule has 4 heteroatoms. The number of rotatable bonds is 2. The minimum Gasteiger partial charge on any atom is -0.469 e. The number of aromatic nitrogens is 1. The van der Waals surface area contributed by atoms with Crippen molar-refractivity contribution in [3.05, 3.63) is 29.3 Å². The first-order valence-electron chi connectivity index (χ1n) is 4.19. The fourth-order valence-electron chi connectivity index (χ4n) is 1.21. The predicted octanol–water partition coefficient (Wildman–Crippen LogP) is 2.01. The molecule has 0 aliphatic heterocycles. The van der Waals surface area contributed by atoms with Crippen molar-refractivity contribution in [2.75, 3.05) is 7.11 Å². The molecule has 0 fully saturated rings. The van der Waals surface area contributed by atoms with Gasteiger partial charge in [-0.3, -0.25) is 9.78 Å². The van der Waals surface area contributed by atoms with E-state index in [1.54, 1.807) is 11.3 Å². The van der Waals surface area contributed by atoms with Gasteiger partial charge in [-0.05, 0) is 23.6 Å². The van der Waals surface area contributed by atoms with Crippen LogP contribution in [0.1, 0.15) is 5.69 Å². The maximum atomic E-state index is 11.0. The molecule has 0 amide bonds. The minimum absolute atomic E-state index is 0.238. The Labute approximate surface area is 85.3 Å². The van der Waals surface area contributed by atoms with Crippen LogP contribution in [0, 0.1) is 0 Å². The Kier molecular flexibility index (Phi) is 2.45. The lowest BCUT2D eigenvalue weighted by Crippen LogP contribution is -2.05. The quantitative estimate of drug-likeness (QED) is 0.707. The van der Waals surface area contributed by atoms with Crippen molar-refractivity contribution >= 4 is 27.5 Å². The van der Waals surface area contributed by atoms with Gasteiger partial charge in [0.05, 0.1) is 29.4 Å². The van der Waals surface area contributed by atoms with Crippen molar-refractivity contribution in [2.24, 2.45) is 0 Å². The third-order valence-electron chi connectivity index (χ3n) is 1.92. The molecular weight excluding hydrogens is 198 g/mol. The molecule has 0 saturated carbocycles. The summed E-state index contributed by atoms with van der Waals surface area (Å²) in [5, 5.41) is 1.99. The lowest BCUT2D eigenvalue weighted by atomic mass is 10.2. The third kappa shape index (κ3) is 1.75. The number of thiophene rings is 1. The van der Waals surface area contributed by atoms with E-state index in [0.717, 1.165) is 15.9 Å². The molecular formula is C10H9NO2S. The summed E-state index contributed by atoms with van der Waals surface area (Å²) in [4.78, 5) is 15.3. The number of hydrogen-bond donors (Lipinski definition) is 0. The molecule has 0 aromatic carbocycles. The van der Waals surface area contributed by atoms with E-state index in [1.165, 1.54) is 7.11 Å². The molecule has 0 N–H and O–H groups in total. The first-order valence-corrected chi connectivity index (χ1v) is 5.07. The highest BCUT2D eigenvalue weighted by Gasteiger charge is 2.05. The molecule has 0 bridgehead atoms. The molecule has 0 aliphatic carbocycles. The highest BCUT2D eigenvalue weighted by molar-refractivity contribution is 7.17. The number of fused-ring (bicyclic) bond motifs is 1. The van der Waals surface area contributed by atoms with E-state index < -0.39 is 0 Å². The Morgan fingerprint density at radius 1 is 1.50 bits per heavy atom. The van der Waals surface area contributed by atoms with Crippen LogP contribution in [0.4, 0.5) is 0 Å². The van der Waals surface area contributed by atoms with Gasteiger partial charge in [0.25, 0.3) is 0 Å². The van der Waals surface area contributed by atoms with Crippen LogP contribution in [0.3, 0.4) is 0 Å². The van der Waals surface area contributed by atoms with Crippen molar-refractivity contribution in [3.8, 4) is 0 Å². The number of pyridine rings is 1. The summed E-state index contributed by atoms with van der Waals surface area (Å²) in [6, 6.07) is 5.78. The largest absolute Gasteiger partial charge is 0.469 e. The van der Waals surface area contributed by atoms with Gasteiger partial charge in [-0.2, -0.15) is 0 Å². The average molecular weight is 207 g/mol. The Balaban J connectivity index is 2.30. The van der Waals surface area contributed by atoms with Gasteiger partial charge in [-0.25, -0.2) is 0 Å². The number of carbonyl (C=O) groups is 1. The zero-order chi connectivity index (χ0) is 9.97. The molecule has 0 radical (unpaired) electrons. The van der Waals surface area contributed by atoms with Crippen LogP contribution < -0.4 is 0 Å². The highest BCUT2D eigenvalue weighted by atomic mass is 32.1. The van der Waals surface area contributed by atoms with Crippen molar-refractivity contribution in [1.29, 1.82) is 0 Å². The van der Waals surface area contributed by atoms with Gasteiger partial charge in [-0.15, -0.1) is 11.3 Å². The van der Waals surface area contributed by atoms with E-state index in [0.29, 0.717) is 0 Å². The molecule has 0 saturated heterocycles. The molecule has 0 atom stereocenters. The van der Waals surface area contributed by atoms with E-state index in [-0.39, 0.29) is 12.4 Å². The molecule has 0 spiro atoms. The first-order chi connectivity index (χ1) is 6.79. The van der Waals surface area contributed by atoms with Gasteiger partial charge < -0.3 is 4.74 Å². The molecule has 2 aromatic heterocycles. The number of nitrogens with zero attached hydrogens (tertiary/aromatic N) is 1. The zero-order valence-corrected chi connectivity index (χ0v) is 8.50. The Hall–Kier alpha value is -1.42. The van der Waals surface area contributed by atoms with E-state index in [2.05, 4.69) is 9.72 Å². The van der Waals surface area contributed by atoms with Gasteiger partial charge in [-0.1, -0.05) is 0 Å². The van der Waals surface area contributed by atoms with E-state index >= 15 is 0 Å². The minimum atomic E-state index is -0.257. The Bertz CT molecular complexity index is 464. The standard InChI is InChI=1S/C10H9NO2S/c1-13-10(12)6-7-2-3-9-8(11-7)4-5-14-9/h2-5H,6H2,1H3. The fourth-order valence-corrected chi connectivity index (χ4v) is 1.94. The van der Waals surface area contributed by atoms with E-state index in [1.807, 2.05) is 23.6 Å². The molecule has 72 valence electrons. The third-order valence-corrected chi connectivity index (χ3v) is 2.79. The van der Waals surface area contributed by atoms with Crippen molar-refractivity contribution in [2.45, 2.75) is 6.42 Å². The van der Waals surface area contributed by atoms with Gasteiger partial charge in [0, 0.05) is 0 Å². The topological polar surface area (TPSA) is 39.2 Å². The predicted molar refractivity (Wildman–Crippen MR) is 55.3 cm³/mol. The molecule has 0 aliphatic rings. The van der Waals surface area contributed by atoms with E-state index in [4.69, 9.17) is 0 Å². The smallest absolute Gasteiger partial charge is 0.311 e. The molecule has 3 nitrogen and oxygen atoms in total. The lowest BCUT2D eigenvalue weighted by molar-refractivity contribution is -0.139. The maximum Gasteiger partial charge on any atom is 0.311 e. The van der Waals surface area contributed by atoms with Crippen molar-refractivity contribution in [3.63, 3.8) is 0 Å². The van der Waals surface area contributed by atoms with Crippen LogP contribution in [0.2, 0.25) is 0 Å². The van der Waals surface area contributed by atoms with Crippen LogP contribution >= 0.6 is 11.3 Å². The van der Waals surface area contributed by atoms with Gasteiger partial charge in [0.1, 0.15) is 0 Å². The lowest BCUT2D eigenvalue weighted by Gasteiger charge is -1.98. The SMILES string of the molecule is COC(=O)Cc1ccc2sccc2n1. The zero-order valence-electron chi connectivity index (χ0n) is 7.69. The summed E-state index contributed by atoms with van der Waals surface area (Å²) in [6.07, 6.45) is 0.238. The van der Waals surface area contributed by atoms with Crippen molar-refractivity contribution in [1.82, 2.24) is 4.98 Å². The Morgan fingerprint density at radius 3 is 3.14 bits per heavy atom. The molecule has 0 unspecified atom stereocenters. The number of ether oxygens (including phenoxy) is 1. The monoisotopic (exact) mass is 207 g/mol. The number of methoxy groups -OCH3 is 1. The maximum absolute atomic E-state index is 11.0. The van der Waals surface area contributed by atoms with Crippen LogP contribution in [0.25, 0.3) is 10.2 Å². The Morgan fingerprint density at radius 2 is 2.36 bits per heavy atom. The van der Waals surface area contributed by atoms with Gasteiger partial charge in [0.15, 0.2) is 0 Å². The second kappa shape index (κ2) is 3.75. The summed E-state index contributed by atoms with van der Waals surface area (Å²) in [5.74, 6) is -0.257. The molecule has 2 heterocycles. The van der Waals surface area contributed by atoms with Gasteiger partial charge >= 0.3 is 5.97 Å². The number of carbonyl (C=O) groups excluding carboxylic acids is 1. The normalized spacial score (nSPS) is 10.4. The van der Waals surface area contributed by atoms with Crippen molar-refractivity contribution < 1.29 is 9.53 Å². The second-order valence-electron chi connectivity index (χ2n) is 2.86. The summed E-state index contributed by atoms with van der Waals surface area (Å²) in [6.45, 7) is 0. The first kappa shape index (κ1) is 9.15. The second-order valence-corrected chi connectivity index (χ2v) is 3.81. The summed E-state index contributed by atoms with van der Waals surface area (Å²) < 4.78 is 5.71. The van der Waals surface area contributed by atoms with Crippen LogP contribution in [-0.4, -0.2) is 18.1 Å². The van der Waals surface area contributed by atoms with Crippen LogP contribution in [-0.2, 0) is 16.0 Å². The van der Waals surface area contributed by atoms with Crippen LogP contribution in [0.5, 0.6) is 0 Å².